The van der Waals surface area contributed by atoms with Gasteiger partial charge in [-0.2, -0.15) is 5.26 Å². The normalized spacial score (nSPS) is 15.8. The van der Waals surface area contributed by atoms with E-state index in [1.807, 2.05) is 0 Å². The average Bonchev–Trinajstić information content (AvgIpc) is 3.07. The topological polar surface area (TPSA) is 126 Å². The van der Waals surface area contributed by atoms with Crippen molar-refractivity contribution in [3.63, 3.8) is 0 Å². The molecule has 0 radical (unpaired) electrons. The maximum absolute atomic E-state index is 12.0. The third kappa shape index (κ3) is 2.89. The van der Waals surface area contributed by atoms with Crippen LogP contribution < -0.4 is 5.32 Å². The number of nitro groups is 1. The number of hydrogen-bond donors (Lipinski definition) is 1. The Balaban J connectivity index is 2.04. The first-order valence-corrected chi connectivity index (χ1v) is 7.44. The molecule has 0 saturated carbocycles. The van der Waals surface area contributed by atoms with Gasteiger partial charge in [-0.1, -0.05) is 12.1 Å². The Hall–Kier alpha value is -3.99. The number of para-hydroxylation sites is 1. The predicted molar refractivity (Wildman–Crippen MR) is 90.2 cm³/mol. The third-order valence-electron chi connectivity index (χ3n) is 3.87. The molecule has 128 valence electrons. The summed E-state index contributed by atoms with van der Waals surface area (Å²) >= 11 is 0. The number of nitro benzene ring substituents is 1. The van der Waals surface area contributed by atoms with Gasteiger partial charge < -0.3 is 4.42 Å². The van der Waals surface area contributed by atoms with Crippen LogP contribution >= 0.6 is 0 Å². The second-order valence-corrected chi connectivity index (χ2v) is 5.43. The Morgan fingerprint density at radius 2 is 1.92 bits per heavy atom. The Bertz CT molecular complexity index is 1050. The van der Waals surface area contributed by atoms with Crippen LogP contribution in [0.15, 0.2) is 57.5 Å². The van der Waals surface area contributed by atoms with Crippen LogP contribution in [-0.2, 0) is 9.59 Å². The monoisotopic (exact) mass is 349 g/mol. The molecule has 2 heterocycles. The molecule has 0 fully saturated rings. The zero-order valence-corrected chi connectivity index (χ0v) is 13.5. The molecule has 0 saturated heterocycles. The molecule has 26 heavy (non-hydrogen) atoms. The molecular weight excluding hydrogens is 338 g/mol. The summed E-state index contributed by atoms with van der Waals surface area (Å²) in [5.41, 5.74) is 0.399. The highest BCUT2D eigenvalue weighted by atomic mass is 16.6. The van der Waals surface area contributed by atoms with Crippen LogP contribution in [0.2, 0.25) is 0 Å². The van der Waals surface area contributed by atoms with Crippen LogP contribution in [0.3, 0.4) is 0 Å². The minimum atomic E-state index is -0.743. The molecule has 0 aliphatic carbocycles. The lowest BCUT2D eigenvalue weighted by Gasteiger charge is -2.15. The highest BCUT2D eigenvalue weighted by Gasteiger charge is 2.28. The zero-order valence-electron chi connectivity index (χ0n) is 13.5. The van der Waals surface area contributed by atoms with E-state index in [1.165, 1.54) is 19.1 Å². The Morgan fingerprint density at radius 3 is 2.62 bits per heavy atom. The molecule has 1 N–H and O–H groups in total. The van der Waals surface area contributed by atoms with Crippen LogP contribution in [0.5, 0.6) is 0 Å². The van der Waals surface area contributed by atoms with Crippen LogP contribution in [0.25, 0.3) is 17.4 Å². The van der Waals surface area contributed by atoms with Gasteiger partial charge in [-0.3, -0.25) is 25.0 Å². The van der Waals surface area contributed by atoms with Gasteiger partial charge in [-0.15, -0.1) is 0 Å². The molecule has 8 nitrogen and oxygen atoms in total. The number of hydrogen-bond acceptors (Lipinski definition) is 6. The second kappa shape index (κ2) is 6.49. The Morgan fingerprint density at radius 1 is 1.19 bits per heavy atom. The van der Waals surface area contributed by atoms with Gasteiger partial charge >= 0.3 is 0 Å². The number of amides is 2. The number of furan rings is 1. The molecule has 8 heteroatoms. The molecule has 1 aromatic heterocycles. The van der Waals surface area contributed by atoms with Gasteiger partial charge in [0, 0.05) is 11.6 Å². The molecule has 1 aromatic carbocycles. The standard InChI is InChI=1S/C18H11N3O5/c1-10-13(17(22)20-18(23)14(10)9-19)8-11-6-7-16(26-11)12-4-2-3-5-15(12)21(24)25/h2-8H,1H3,(H,20,22,23)/b13-8+. The zero-order chi connectivity index (χ0) is 18.8. The number of carbonyl (C=O) groups is 2. The van der Waals surface area contributed by atoms with Gasteiger partial charge in [0.2, 0.25) is 0 Å². The van der Waals surface area contributed by atoms with Crippen molar-refractivity contribution in [1.29, 1.82) is 5.26 Å². The molecule has 0 unspecified atom stereocenters. The number of nitrogens with zero attached hydrogens (tertiary/aromatic N) is 2. The molecule has 2 aromatic rings. The van der Waals surface area contributed by atoms with Gasteiger partial charge in [-0.25, -0.2) is 0 Å². The van der Waals surface area contributed by atoms with E-state index in [0.29, 0.717) is 5.56 Å². The maximum atomic E-state index is 12.0. The highest BCUT2D eigenvalue weighted by molar-refractivity contribution is 6.19. The maximum Gasteiger partial charge on any atom is 0.280 e. The van der Waals surface area contributed by atoms with E-state index in [2.05, 4.69) is 5.32 Å². The SMILES string of the molecule is CC1=C(C#N)C(=O)NC(=O)/C1=C/c1ccc(-c2ccccc2[N+](=O)[O-])o1. The van der Waals surface area contributed by atoms with Crippen molar-refractivity contribution in [2.45, 2.75) is 6.92 Å². The Labute approximate surface area is 147 Å². The number of nitrogens with one attached hydrogen (secondary N) is 1. The predicted octanol–water partition coefficient (Wildman–Crippen LogP) is 2.73. The fourth-order valence-electron chi connectivity index (χ4n) is 2.58. The first-order chi connectivity index (χ1) is 12.4. The van der Waals surface area contributed by atoms with Crippen molar-refractivity contribution in [3.05, 3.63) is 69.0 Å². The largest absolute Gasteiger partial charge is 0.456 e. The van der Waals surface area contributed by atoms with Crippen LogP contribution in [0.1, 0.15) is 12.7 Å². The van der Waals surface area contributed by atoms with Gasteiger partial charge in [-0.05, 0) is 36.8 Å². The first kappa shape index (κ1) is 16.9. The summed E-state index contributed by atoms with van der Waals surface area (Å²) in [6.07, 6.45) is 1.38. The van der Waals surface area contributed by atoms with Crippen molar-refractivity contribution in [2.24, 2.45) is 0 Å². The number of nitriles is 1. The van der Waals surface area contributed by atoms with Gasteiger partial charge in [0.15, 0.2) is 0 Å². The Kier molecular flexibility index (Phi) is 4.21. The minimum absolute atomic E-state index is 0.107. The van der Waals surface area contributed by atoms with Crippen LogP contribution in [0.4, 0.5) is 5.69 Å². The number of rotatable bonds is 3. The molecule has 3 rings (SSSR count). The third-order valence-corrected chi connectivity index (χ3v) is 3.87. The lowest BCUT2D eigenvalue weighted by atomic mass is 9.96. The average molecular weight is 349 g/mol. The van der Waals surface area contributed by atoms with Crippen molar-refractivity contribution < 1.29 is 18.9 Å². The summed E-state index contributed by atoms with van der Waals surface area (Å²) in [6.45, 7) is 1.49. The van der Waals surface area contributed by atoms with Crippen molar-refractivity contribution in [3.8, 4) is 17.4 Å². The van der Waals surface area contributed by atoms with E-state index >= 15 is 0 Å². The molecule has 2 amide bonds. The minimum Gasteiger partial charge on any atom is -0.456 e. The molecule has 1 aliphatic rings. The van der Waals surface area contributed by atoms with Gasteiger partial charge in [0.05, 0.1) is 10.5 Å². The number of benzene rings is 1. The van der Waals surface area contributed by atoms with E-state index < -0.39 is 16.7 Å². The van der Waals surface area contributed by atoms with E-state index in [0.717, 1.165) is 0 Å². The molecular formula is C18H11N3O5. The van der Waals surface area contributed by atoms with E-state index in [4.69, 9.17) is 9.68 Å². The summed E-state index contributed by atoms with van der Waals surface area (Å²) in [5.74, 6) is -0.866. The summed E-state index contributed by atoms with van der Waals surface area (Å²) in [7, 11) is 0. The van der Waals surface area contributed by atoms with E-state index in [9.17, 15) is 19.7 Å². The van der Waals surface area contributed by atoms with E-state index in [-0.39, 0.29) is 33.9 Å². The van der Waals surface area contributed by atoms with Gasteiger partial charge in [0.25, 0.3) is 17.5 Å². The summed E-state index contributed by atoms with van der Waals surface area (Å²) < 4.78 is 5.60. The lowest BCUT2D eigenvalue weighted by Crippen LogP contribution is -2.37. The summed E-state index contributed by atoms with van der Waals surface area (Å²) in [4.78, 5) is 34.3. The highest BCUT2D eigenvalue weighted by Crippen LogP contribution is 2.32. The van der Waals surface area contributed by atoms with E-state index in [1.54, 1.807) is 36.4 Å². The van der Waals surface area contributed by atoms with Crippen LogP contribution in [-0.4, -0.2) is 16.7 Å². The van der Waals surface area contributed by atoms with Crippen molar-refractivity contribution in [2.75, 3.05) is 0 Å². The summed E-state index contributed by atoms with van der Waals surface area (Å²) in [5, 5.41) is 22.3. The molecule has 0 spiro atoms. The smallest absolute Gasteiger partial charge is 0.280 e. The quantitative estimate of drug-likeness (QED) is 0.393. The molecule has 0 atom stereocenters. The fraction of sp³-hybridized carbons (Fsp3) is 0.0556. The molecule has 0 bridgehead atoms. The molecule has 1 aliphatic heterocycles. The first-order valence-electron chi connectivity index (χ1n) is 7.44. The van der Waals surface area contributed by atoms with Crippen LogP contribution in [0, 0.1) is 21.4 Å². The summed E-state index contributed by atoms with van der Waals surface area (Å²) in [6, 6.07) is 11.0. The lowest BCUT2D eigenvalue weighted by molar-refractivity contribution is -0.384. The fourth-order valence-corrected chi connectivity index (χ4v) is 2.58. The number of imide groups is 1. The second-order valence-electron chi connectivity index (χ2n) is 5.43. The number of carbonyl (C=O) groups excluding carboxylic acids is 2. The van der Waals surface area contributed by atoms with Crippen molar-refractivity contribution >= 4 is 23.6 Å². The van der Waals surface area contributed by atoms with Gasteiger partial charge in [0.1, 0.15) is 23.2 Å². The van der Waals surface area contributed by atoms with Crippen molar-refractivity contribution in [1.82, 2.24) is 5.32 Å².